The summed E-state index contributed by atoms with van der Waals surface area (Å²) in [4.78, 5) is 12.2. The highest BCUT2D eigenvalue weighted by Gasteiger charge is 2.12. The van der Waals surface area contributed by atoms with Crippen LogP contribution in [-0.2, 0) is 6.42 Å². The molecule has 2 aromatic carbocycles. The van der Waals surface area contributed by atoms with Gasteiger partial charge in [-0.05, 0) is 36.2 Å². The highest BCUT2D eigenvalue weighted by molar-refractivity contribution is 5.95. The average molecular weight is 299 g/mol. The summed E-state index contributed by atoms with van der Waals surface area (Å²) in [5.41, 5.74) is 2.48. The number of hydrogen-bond donors (Lipinski definition) is 2. The fourth-order valence-corrected chi connectivity index (χ4v) is 2.28. The highest BCUT2D eigenvalue weighted by Crippen LogP contribution is 2.16. The number of carbonyl (C=O) groups excluding carboxylic acids is 1. The van der Waals surface area contributed by atoms with Crippen molar-refractivity contribution in [3.05, 3.63) is 65.2 Å². The van der Waals surface area contributed by atoms with E-state index in [2.05, 4.69) is 5.32 Å². The quantitative estimate of drug-likeness (QED) is 0.861. The van der Waals surface area contributed by atoms with E-state index in [-0.39, 0.29) is 12.5 Å². The maximum absolute atomic E-state index is 12.2. The fraction of sp³-hybridized carbons (Fsp3) is 0.278. The Balaban J connectivity index is 1.89. The van der Waals surface area contributed by atoms with Gasteiger partial charge in [0.1, 0.15) is 5.75 Å². The van der Waals surface area contributed by atoms with Crippen LogP contribution in [0.2, 0.25) is 0 Å². The van der Waals surface area contributed by atoms with Gasteiger partial charge in [-0.15, -0.1) is 0 Å². The van der Waals surface area contributed by atoms with Gasteiger partial charge in [0.15, 0.2) is 0 Å². The second kappa shape index (κ2) is 7.61. The minimum absolute atomic E-state index is 0.188. The number of rotatable bonds is 6. The number of aliphatic hydroxyl groups excluding tert-OH is 1. The van der Waals surface area contributed by atoms with Crippen LogP contribution >= 0.6 is 0 Å². The van der Waals surface area contributed by atoms with Gasteiger partial charge in [0, 0.05) is 18.5 Å². The molecule has 0 bridgehead atoms. The Bertz CT molecular complexity index is 625. The standard InChI is InChI=1S/C18H21NO3/c1-13-10-16(22-2)8-9-17(13)18(21)19-12-15(20)11-14-6-4-3-5-7-14/h3-10,15,20H,11-12H2,1-2H3,(H,19,21). The van der Waals surface area contributed by atoms with Crippen LogP contribution in [0, 0.1) is 6.92 Å². The van der Waals surface area contributed by atoms with Crippen molar-refractivity contribution in [2.45, 2.75) is 19.4 Å². The SMILES string of the molecule is COc1ccc(C(=O)NCC(O)Cc2ccccc2)c(C)c1. The Kier molecular flexibility index (Phi) is 5.55. The number of aryl methyl sites for hydroxylation is 1. The molecular weight excluding hydrogens is 278 g/mol. The number of methoxy groups -OCH3 is 1. The summed E-state index contributed by atoms with van der Waals surface area (Å²) in [6, 6.07) is 15.0. The van der Waals surface area contributed by atoms with Gasteiger partial charge in [0.25, 0.3) is 5.91 Å². The zero-order valence-electron chi connectivity index (χ0n) is 12.9. The van der Waals surface area contributed by atoms with Crippen LogP contribution in [0.3, 0.4) is 0 Å². The van der Waals surface area contributed by atoms with Gasteiger partial charge in [-0.3, -0.25) is 4.79 Å². The van der Waals surface area contributed by atoms with Gasteiger partial charge in [-0.1, -0.05) is 30.3 Å². The molecule has 0 radical (unpaired) electrons. The minimum Gasteiger partial charge on any atom is -0.497 e. The summed E-state index contributed by atoms with van der Waals surface area (Å²) in [6.07, 6.45) is -0.0900. The first kappa shape index (κ1) is 16.0. The fourth-order valence-electron chi connectivity index (χ4n) is 2.28. The molecule has 0 heterocycles. The first-order valence-corrected chi connectivity index (χ1v) is 7.25. The molecule has 0 spiro atoms. The summed E-state index contributed by atoms with van der Waals surface area (Å²) in [5, 5.41) is 12.8. The van der Waals surface area contributed by atoms with E-state index in [1.54, 1.807) is 19.2 Å². The number of benzene rings is 2. The molecule has 0 fully saturated rings. The van der Waals surface area contributed by atoms with Crippen LogP contribution in [0.25, 0.3) is 0 Å². The number of ether oxygens (including phenoxy) is 1. The second-order valence-corrected chi connectivity index (χ2v) is 5.23. The molecule has 4 heteroatoms. The molecule has 2 rings (SSSR count). The zero-order chi connectivity index (χ0) is 15.9. The van der Waals surface area contributed by atoms with Crippen LogP contribution in [0.4, 0.5) is 0 Å². The van der Waals surface area contributed by atoms with E-state index in [0.29, 0.717) is 12.0 Å². The van der Waals surface area contributed by atoms with E-state index in [1.165, 1.54) is 0 Å². The predicted octanol–water partition coefficient (Wildman–Crippen LogP) is 2.34. The Hall–Kier alpha value is -2.33. The molecule has 0 aliphatic rings. The maximum Gasteiger partial charge on any atom is 0.251 e. The lowest BCUT2D eigenvalue weighted by molar-refractivity contribution is 0.0915. The molecule has 0 saturated carbocycles. The van der Waals surface area contributed by atoms with Gasteiger partial charge in [-0.25, -0.2) is 0 Å². The number of carbonyl (C=O) groups is 1. The molecule has 4 nitrogen and oxygen atoms in total. The number of aliphatic hydroxyl groups is 1. The van der Waals surface area contributed by atoms with Crippen LogP contribution in [0.5, 0.6) is 5.75 Å². The van der Waals surface area contributed by atoms with Crippen molar-refractivity contribution in [2.75, 3.05) is 13.7 Å². The lowest BCUT2D eigenvalue weighted by Crippen LogP contribution is -2.33. The lowest BCUT2D eigenvalue weighted by atomic mass is 10.1. The van der Waals surface area contributed by atoms with E-state index in [4.69, 9.17) is 4.74 Å². The minimum atomic E-state index is -0.607. The molecule has 0 aliphatic heterocycles. The molecule has 0 aromatic heterocycles. The highest BCUT2D eigenvalue weighted by atomic mass is 16.5. The summed E-state index contributed by atoms with van der Waals surface area (Å²) < 4.78 is 5.12. The molecule has 2 N–H and O–H groups in total. The van der Waals surface area contributed by atoms with Crippen LogP contribution < -0.4 is 10.1 Å². The Labute approximate surface area is 130 Å². The van der Waals surface area contributed by atoms with Crippen molar-refractivity contribution < 1.29 is 14.6 Å². The van der Waals surface area contributed by atoms with E-state index >= 15 is 0 Å². The Morgan fingerprint density at radius 3 is 2.59 bits per heavy atom. The molecule has 116 valence electrons. The first-order chi connectivity index (χ1) is 10.6. The number of amides is 1. The molecule has 0 saturated heterocycles. The van der Waals surface area contributed by atoms with Crippen molar-refractivity contribution in [1.29, 1.82) is 0 Å². The normalized spacial score (nSPS) is 11.8. The Morgan fingerprint density at radius 2 is 1.95 bits per heavy atom. The van der Waals surface area contributed by atoms with Crippen LogP contribution in [0.15, 0.2) is 48.5 Å². The largest absolute Gasteiger partial charge is 0.497 e. The van der Waals surface area contributed by atoms with Crippen LogP contribution in [0.1, 0.15) is 21.5 Å². The molecule has 1 amide bonds. The lowest BCUT2D eigenvalue weighted by Gasteiger charge is -2.13. The zero-order valence-corrected chi connectivity index (χ0v) is 12.9. The van der Waals surface area contributed by atoms with Crippen molar-refractivity contribution >= 4 is 5.91 Å². The van der Waals surface area contributed by atoms with Crippen molar-refractivity contribution in [3.8, 4) is 5.75 Å². The molecule has 2 aromatic rings. The smallest absolute Gasteiger partial charge is 0.251 e. The monoisotopic (exact) mass is 299 g/mol. The summed E-state index contributed by atoms with van der Waals surface area (Å²) >= 11 is 0. The second-order valence-electron chi connectivity index (χ2n) is 5.23. The number of hydrogen-bond acceptors (Lipinski definition) is 3. The molecule has 1 atom stereocenters. The van der Waals surface area contributed by atoms with E-state index in [9.17, 15) is 9.90 Å². The van der Waals surface area contributed by atoms with Gasteiger partial charge in [0.05, 0.1) is 13.2 Å². The molecular formula is C18H21NO3. The van der Waals surface area contributed by atoms with Crippen molar-refractivity contribution in [2.24, 2.45) is 0 Å². The number of nitrogens with one attached hydrogen (secondary N) is 1. The van der Waals surface area contributed by atoms with Gasteiger partial charge >= 0.3 is 0 Å². The third-order valence-corrected chi connectivity index (χ3v) is 3.49. The topological polar surface area (TPSA) is 58.6 Å². The summed E-state index contributed by atoms with van der Waals surface area (Å²) in [6.45, 7) is 2.08. The van der Waals surface area contributed by atoms with Crippen molar-refractivity contribution in [3.63, 3.8) is 0 Å². The maximum atomic E-state index is 12.2. The van der Waals surface area contributed by atoms with Gasteiger partial charge < -0.3 is 15.2 Å². The first-order valence-electron chi connectivity index (χ1n) is 7.25. The third-order valence-electron chi connectivity index (χ3n) is 3.49. The Morgan fingerprint density at radius 1 is 1.23 bits per heavy atom. The average Bonchev–Trinajstić information content (AvgIpc) is 2.53. The van der Waals surface area contributed by atoms with E-state index in [0.717, 1.165) is 16.9 Å². The predicted molar refractivity (Wildman–Crippen MR) is 86.2 cm³/mol. The van der Waals surface area contributed by atoms with E-state index < -0.39 is 6.10 Å². The summed E-state index contributed by atoms with van der Waals surface area (Å²) in [5.74, 6) is 0.533. The molecule has 0 aliphatic carbocycles. The summed E-state index contributed by atoms with van der Waals surface area (Å²) in [7, 11) is 1.59. The van der Waals surface area contributed by atoms with Gasteiger partial charge in [0.2, 0.25) is 0 Å². The van der Waals surface area contributed by atoms with Crippen LogP contribution in [-0.4, -0.2) is 30.8 Å². The van der Waals surface area contributed by atoms with Gasteiger partial charge in [-0.2, -0.15) is 0 Å². The third kappa shape index (κ3) is 4.33. The van der Waals surface area contributed by atoms with E-state index in [1.807, 2.05) is 43.3 Å². The molecule has 1 unspecified atom stereocenters. The molecule has 22 heavy (non-hydrogen) atoms. The van der Waals surface area contributed by atoms with Crippen molar-refractivity contribution in [1.82, 2.24) is 5.32 Å².